The molecule has 1 aromatic heterocycles. The number of carbonyl (C=O) groups is 1. The lowest BCUT2D eigenvalue weighted by Crippen LogP contribution is -2.11. The van der Waals surface area contributed by atoms with E-state index in [9.17, 15) is 13.2 Å². The van der Waals surface area contributed by atoms with Gasteiger partial charge in [-0.2, -0.15) is 0 Å². The van der Waals surface area contributed by atoms with Crippen LogP contribution in [0, 0.1) is 10.5 Å². The third kappa shape index (κ3) is 3.30. The number of benzene rings is 1. The molecule has 0 spiro atoms. The molecule has 8 heteroatoms. The number of hydrogen-bond donors (Lipinski definition) is 2. The van der Waals surface area contributed by atoms with Crippen molar-refractivity contribution >= 4 is 55.6 Å². The van der Waals surface area contributed by atoms with Gasteiger partial charge in [0, 0.05) is 9.26 Å². The van der Waals surface area contributed by atoms with Crippen molar-refractivity contribution in [1.82, 2.24) is 0 Å². The molecule has 0 saturated heterocycles. The van der Waals surface area contributed by atoms with Crippen LogP contribution in [0.25, 0.3) is 0 Å². The highest BCUT2D eigenvalue weighted by Gasteiger charge is 2.21. The van der Waals surface area contributed by atoms with Crippen molar-refractivity contribution in [2.45, 2.75) is 11.1 Å². The quantitative estimate of drug-likeness (QED) is 0.741. The monoisotopic (exact) mass is 423 g/mol. The van der Waals surface area contributed by atoms with Crippen molar-refractivity contribution in [3.05, 3.63) is 44.3 Å². The molecule has 0 unspecified atom stereocenters. The number of rotatable bonds is 4. The number of carboxylic acid groups (broad SMARTS) is 1. The highest BCUT2D eigenvalue weighted by molar-refractivity contribution is 14.1. The zero-order valence-electron chi connectivity index (χ0n) is 10.3. The summed E-state index contributed by atoms with van der Waals surface area (Å²) < 4.78 is 27.8. The Hall–Kier alpha value is -1.13. The Bertz CT molecular complexity index is 750. The van der Waals surface area contributed by atoms with Crippen LogP contribution in [-0.2, 0) is 10.0 Å². The zero-order chi connectivity index (χ0) is 14.9. The van der Waals surface area contributed by atoms with E-state index in [0.29, 0.717) is 11.3 Å². The molecule has 2 aromatic rings. The van der Waals surface area contributed by atoms with E-state index in [2.05, 4.69) is 27.3 Å². The summed E-state index contributed by atoms with van der Waals surface area (Å²) in [5.74, 6) is -1.12. The first kappa shape index (κ1) is 15.3. The fourth-order valence-electron chi connectivity index (χ4n) is 1.52. The fourth-order valence-corrected chi connectivity index (χ4v) is 4.32. The lowest BCUT2D eigenvalue weighted by atomic mass is 10.3. The lowest BCUT2D eigenvalue weighted by molar-refractivity contribution is 0.0701. The predicted octanol–water partition coefficient (Wildman–Crippen LogP) is 3.16. The van der Waals surface area contributed by atoms with Gasteiger partial charge in [0.2, 0.25) is 0 Å². The minimum absolute atomic E-state index is 0.00838. The molecular formula is C12H10INO4S2. The number of thiophene rings is 1. The molecule has 20 heavy (non-hydrogen) atoms. The van der Waals surface area contributed by atoms with Gasteiger partial charge in [-0.3, -0.25) is 4.72 Å². The van der Waals surface area contributed by atoms with Crippen LogP contribution < -0.4 is 4.72 Å². The maximum atomic E-state index is 12.2. The van der Waals surface area contributed by atoms with Crippen LogP contribution in [-0.4, -0.2) is 19.5 Å². The smallest absolute Gasteiger partial charge is 0.346 e. The number of aryl methyl sites for hydroxylation is 1. The molecule has 5 nitrogen and oxygen atoms in total. The molecule has 0 saturated carbocycles. The van der Waals surface area contributed by atoms with E-state index in [1.165, 1.54) is 6.07 Å². The largest absolute Gasteiger partial charge is 0.477 e. The van der Waals surface area contributed by atoms with E-state index >= 15 is 0 Å². The van der Waals surface area contributed by atoms with Crippen molar-refractivity contribution in [1.29, 1.82) is 0 Å². The van der Waals surface area contributed by atoms with Crippen LogP contribution in [0.2, 0.25) is 0 Å². The topological polar surface area (TPSA) is 83.5 Å². The van der Waals surface area contributed by atoms with Gasteiger partial charge in [-0.25, -0.2) is 13.2 Å². The first-order valence-corrected chi connectivity index (χ1v) is 8.79. The van der Waals surface area contributed by atoms with E-state index in [-0.39, 0.29) is 9.09 Å². The lowest BCUT2D eigenvalue weighted by Gasteiger charge is -2.05. The van der Waals surface area contributed by atoms with Crippen molar-refractivity contribution in [3.8, 4) is 0 Å². The van der Waals surface area contributed by atoms with Gasteiger partial charge in [-0.1, -0.05) is 0 Å². The summed E-state index contributed by atoms with van der Waals surface area (Å²) in [4.78, 5) is 11.0. The molecule has 0 bridgehead atoms. The Labute approximate surface area is 133 Å². The Kier molecular flexibility index (Phi) is 4.35. The van der Waals surface area contributed by atoms with Crippen LogP contribution in [0.5, 0.6) is 0 Å². The molecule has 0 radical (unpaired) electrons. The van der Waals surface area contributed by atoms with Crippen molar-refractivity contribution in [3.63, 3.8) is 0 Å². The van der Waals surface area contributed by atoms with Crippen LogP contribution in [0.15, 0.2) is 34.5 Å². The Balaban J connectivity index is 2.33. The summed E-state index contributed by atoms with van der Waals surface area (Å²) in [5, 5.41) is 8.96. The molecule has 0 amide bonds. The fraction of sp³-hybridized carbons (Fsp3) is 0.0833. The van der Waals surface area contributed by atoms with E-state index < -0.39 is 16.0 Å². The summed E-state index contributed by atoms with van der Waals surface area (Å²) >= 11 is 2.87. The van der Waals surface area contributed by atoms with Gasteiger partial charge in [0.15, 0.2) is 0 Å². The van der Waals surface area contributed by atoms with Gasteiger partial charge >= 0.3 is 5.97 Å². The number of halogens is 1. The van der Waals surface area contributed by atoms with Gasteiger partial charge < -0.3 is 5.11 Å². The summed E-state index contributed by atoms with van der Waals surface area (Å²) in [6.45, 7) is 1.57. The molecule has 0 aliphatic carbocycles. The van der Waals surface area contributed by atoms with E-state index in [4.69, 9.17) is 5.11 Å². The second-order valence-electron chi connectivity index (χ2n) is 4.00. The van der Waals surface area contributed by atoms with Crippen LogP contribution in [0.1, 0.15) is 15.2 Å². The molecular weight excluding hydrogens is 413 g/mol. The average molecular weight is 423 g/mol. The number of carboxylic acids is 1. The second-order valence-corrected chi connectivity index (χ2v) is 8.20. The van der Waals surface area contributed by atoms with Crippen molar-refractivity contribution in [2.75, 3.05) is 4.72 Å². The Morgan fingerprint density at radius 3 is 2.40 bits per heavy atom. The average Bonchev–Trinajstić information content (AvgIpc) is 2.75. The third-order valence-corrected chi connectivity index (χ3v) is 6.25. The maximum absolute atomic E-state index is 12.2. The maximum Gasteiger partial charge on any atom is 0.346 e. The molecule has 2 N–H and O–H groups in total. The van der Waals surface area contributed by atoms with Gasteiger partial charge in [0.05, 0.1) is 0 Å². The summed E-state index contributed by atoms with van der Waals surface area (Å²) in [6.07, 6.45) is 0. The molecule has 1 heterocycles. The first-order valence-electron chi connectivity index (χ1n) is 5.42. The number of aromatic carboxylic acids is 1. The molecule has 0 aliphatic heterocycles. The second kappa shape index (κ2) is 5.70. The van der Waals surface area contributed by atoms with Gasteiger partial charge in [-0.15, -0.1) is 11.3 Å². The minimum atomic E-state index is -3.76. The van der Waals surface area contributed by atoms with Gasteiger partial charge in [0.25, 0.3) is 10.0 Å². The van der Waals surface area contributed by atoms with Crippen LogP contribution in [0.4, 0.5) is 5.69 Å². The van der Waals surface area contributed by atoms with Crippen LogP contribution >= 0.6 is 33.9 Å². The molecule has 1 aromatic carbocycles. The summed E-state index contributed by atoms with van der Waals surface area (Å²) in [7, 11) is -3.76. The molecule has 0 fully saturated rings. The predicted molar refractivity (Wildman–Crippen MR) is 86.0 cm³/mol. The SMILES string of the molecule is Cc1cc(S(=O)(=O)Nc2ccc(I)cc2)sc1C(=O)O. The first-order chi connectivity index (χ1) is 9.29. The molecule has 2 rings (SSSR count). The molecule has 0 aliphatic rings. The van der Waals surface area contributed by atoms with E-state index in [1.54, 1.807) is 31.2 Å². The number of anilines is 1. The zero-order valence-corrected chi connectivity index (χ0v) is 14.0. The Morgan fingerprint density at radius 1 is 1.30 bits per heavy atom. The number of sulfonamides is 1. The highest BCUT2D eigenvalue weighted by Crippen LogP contribution is 2.27. The summed E-state index contributed by atoms with van der Waals surface area (Å²) in [5.41, 5.74) is 0.874. The standard InChI is InChI=1S/C12H10INO4S2/c1-7-6-10(19-11(7)12(15)16)20(17,18)14-9-4-2-8(13)3-5-9/h2-6,14H,1H3,(H,15,16). The minimum Gasteiger partial charge on any atom is -0.477 e. The normalized spacial score (nSPS) is 11.3. The third-order valence-electron chi connectivity index (χ3n) is 2.45. The van der Waals surface area contributed by atoms with Gasteiger partial charge in [-0.05, 0) is 65.4 Å². The van der Waals surface area contributed by atoms with Crippen molar-refractivity contribution in [2.24, 2.45) is 0 Å². The number of nitrogens with one attached hydrogen (secondary N) is 1. The Morgan fingerprint density at radius 2 is 1.90 bits per heavy atom. The number of hydrogen-bond acceptors (Lipinski definition) is 4. The molecule has 0 atom stereocenters. The van der Waals surface area contributed by atoms with Gasteiger partial charge in [0.1, 0.15) is 9.09 Å². The van der Waals surface area contributed by atoms with E-state index in [1.807, 2.05) is 0 Å². The van der Waals surface area contributed by atoms with Crippen molar-refractivity contribution < 1.29 is 18.3 Å². The van der Waals surface area contributed by atoms with Crippen LogP contribution in [0.3, 0.4) is 0 Å². The van der Waals surface area contributed by atoms with E-state index in [0.717, 1.165) is 14.9 Å². The summed E-state index contributed by atoms with van der Waals surface area (Å²) in [6, 6.07) is 8.22. The highest BCUT2D eigenvalue weighted by atomic mass is 127. The molecule has 106 valence electrons.